The van der Waals surface area contributed by atoms with Crippen molar-refractivity contribution >= 4 is 5.91 Å². The van der Waals surface area contributed by atoms with Crippen molar-refractivity contribution in [2.75, 3.05) is 13.1 Å². The summed E-state index contributed by atoms with van der Waals surface area (Å²) in [5.41, 5.74) is 1.54. The van der Waals surface area contributed by atoms with Crippen molar-refractivity contribution in [3.63, 3.8) is 0 Å². The van der Waals surface area contributed by atoms with E-state index in [1.54, 1.807) is 12.3 Å². The molecule has 2 aliphatic heterocycles. The molecule has 0 aliphatic carbocycles. The van der Waals surface area contributed by atoms with Crippen molar-refractivity contribution in [3.05, 3.63) is 24.2 Å². The van der Waals surface area contributed by atoms with E-state index < -0.39 is 0 Å². The molecule has 2 atom stereocenters. The van der Waals surface area contributed by atoms with Gasteiger partial charge in [-0.15, -0.1) is 0 Å². The van der Waals surface area contributed by atoms with Gasteiger partial charge in [0.15, 0.2) is 0 Å². The van der Waals surface area contributed by atoms with E-state index in [-0.39, 0.29) is 17.5 Å². The van der Waals surface area contributed by atoms with Gasteiger partial charge in [-0.2, -0.15) is 5.10 Å². The van der Waals surface area contributed by atoms with Crippen molar-refractivity contribution in [1.29, 1.82) is 0 Å². The summed E-state index contributed by atoms with van der Waals surface area (Å²) in [6.45, 7) is 6.87. The summed E-state index contributed by atoms with van der Waals surface area (Å²) in [6, 6.07) is 1.96. The maximum atomic E-state index is 13.0. The third-order valence-electron chi connectivity index (χ3n) is 5.62. The van der Waals surface area contributed by atoms with E-state index in [4.69, 9.17) is 4.52 Å². The molecule has 1 amide bonds. The molecule has 7 nitrogen and oxygen atoms in total. The molecule has 1 N–H and O–H groups in total. The summed E-state index contributed by atoms with van der Waals surface area (Å²) < 4.78 is 7.22. The van der Waals surface area contributed by atoms with E-state index in [2.05, 4.69) is 22.5 Å². The Bertz CT molecular complexity index is 763. The standard InChI is InChI=1S/C18H25N5O2/c1-3-22-12-13(11-20-22)14-10-15(25-21-14)17(24)23-9-5-7-18(2)16(23)6-4-8-19-18/h10-12,16,19H,3-9H2,1-2H3/t16-,18+/m1/s1. The van der Waals surface area contributed by atoms with Gasteiger partial charge in [0.05, 0.1) is 12.2 Å². The molecule has 0 aromatic carbocycles. The Morgan fingerprint density at radius 1 is 1.48 bits per heavy atom. The van der Waals surface area contributed by atoms with E-state index in [9.17, 15) is 4.79 Å². The molecule has 0 radical (unpaired) electrons. The molecule has 0 bridgehead atoms. The van der Waals surface area contributed by atoms with Gasteiger partial charge in [-0.25, -0.2) is 0 Å². The summed E-state index contributed by atoms with van der Waals surface area (Å²) in [4.78, 5) is 15.0. The number of carbonyl (C=O) groups is 1. The second-order valence-electron chi connectivity index (χ2n) is 7.27. The van der Waals surface area contributed by atoms with Gasteiger partial charge in [0.1, 0.15) is 5.69 Å². The summed E-state index contributed by atoms with van der Waals surface area (Å²) in [5, 5.41) is 12.0. The molecule has 2 aromatic rings. The highest BCUT2D eigenvalue weighted by Crippen LogP contribution is 2.34. The highest BCUT2D eigenvalue weighted by molar-refractivity contribution is 5.92. The Kier molecular flexibility index (Phi) is 4.11. The van der Waals surface area contributed by atoms with Crippen LogP contribution in [0.3, 0.4) is 0 Å². The predicted molar refractivity (Wildman–Crippen MR) is 93.1 cm³/mol. The van der Waals surface area contributed by atoms with Crippen LogP contribution < -0.4 is 5.32 Å². The van der Waals surface area contributed by atoms with Crippen LogP contribution in [0.1, 0.15) is 50.1 Å². The van der Waals surface area contributed by atoms with Crippen LogP contribution in [0, 0.1) is 0 Å². The number of hydrogen-bond donors (Lipinski definition) is 1. The van der Waals surface area contributed by atoms with Crippen molar-refractivity contribution < 1.29 is 9.32 Å². The molecule has 0 saturated carbocycles. The molecule has 0 spiro atoms. The van der Waals surface area contributed by atoms with Crippen LogP contribution in [0.2, 0.25) is 0 Å². The van der Waals surface area contributed by atoms with Crippen LogP contribution in [0.15, 0.2) is 23.0 Å². The quantitative estimate of drug-likeness (QED) is 0.925. The number of carbonyl (C=O) groups excluding carboxylic acids is 1. The zero-order valence-corrected chi connectivity index (χ0v) is 14.9. The van der Waals surface area contributed by atoms with Gasteiger partial charge in [0.25, 0.3) is 5.91 Å². The Balaban J connectivity index is 1.56. The van der Waals surface area contributed by atoms with Gasteiger partial charge < -0.3 is 14.7 Å². The normalized spacial score (nSPS) is 26.5. The van der Waals surface area contributed by atoms with Gasteiger partial charge >= 0.3 is 0 Å². The Hall–Kier alpha value is -2.15. The van der Waals surface area contributed by atoms with Gasteiger partial charge in [-0.3, -0.25) is 9.48 Å². The summed E-state index contributed by atoms with van der Waals surface area (Å²) in [6.07, 6.45) is 7.92. The first-order valence-corrected chi connectivity index (χ1v) is 9.16. The second-order valence-corrected chi connectivity index (χ2v) is 7.27. The second kappa shape index (κ2) is 6.29. The third-order valence-corrected chi connectivity index (χ3v) is 5.62. The minimum Gasteiger partial charge on any atom is -0.350 e. The van der Waals surface area contributed by atoms with Crippen LogP contribution in [-0.4, -0.2) is 50.4 Å². The van der Waals surface area contributed by atoms with Crippen LogP contribution in [0.25, 0.3) is 11.3 Å². The van der Waals surface area contributed by atoms with Gasteiger partial charge in [-0.1, -0.05) is 5.16 Å². The lowest BCUT2D eigenvalue weighted by Gasteiger charge is -2.51. The fourth-order valence-electron chi connectivity index (χ4n) is 4.20. The van der Waals surface area contributed by atoms with E-state index >= 15 is 0 Å². The van der Waals surface area contributed by atoms with E-state index in [0.29, 0.717) is 11.5 Å². The molecule has 7 heteroatoms. The number of nitrogens with one attached hydrogen (secondary N) is 1. The fraction of sp³-hybridized carbons (Fsp3) is 0.611. The first-order chi connectivity index (χ1) is 12.1. The lowest BCUT2D eigenvalue weighted by atomic mass is 9.78. The number of rotatable bonds is 3. The number of amides is 1. The number of likely N-dealkylation sites (tertiary alicyclic amines) is 1. The largest absolute Gasteiger partial charge is 0.350 e. The number of nitrogens with zero attached hydrogens (tertiary/aromatic N) is 4. The number of aromatic nitrogens is 3. The molecule has 4 heterocycles. The van der Waals surface area contributed by atoms with Gasteiger partial charge in [0.2, 0.25) is 5.76 Å². The van der Waals surface area contributed by atoms with E-state index in [1.165, 1.54) is 0 Å². The smallest absolute Gasteiger partial charge is 0.292 e. The lowest BCUT2D eigenvalue weighted by Crippen LogP contribution is -2.65. The topological polar surface area (TPSA) is 76.2 Å². The SMILES string of the molecule is CCn1cc(-c2cc(C(=O)N3CCC[C@]4(C)NCCC[C@@H]34)on2)cn1. The first kappa shape index (κ1) is 16.3. The summed E-state index contributed by atoms with van der Waals surface area (Å²) in [7, 11) is 0. The van der Waals surface area contributed by atoms with Crippen molar-refractivity contribution in [3.8, 4) is 11.3 Å². The number of aryl methyl sites for hydroxylation is 1. The average Bonchev–Trinajstić information content (AvgIpc) is 3.28. The number of fused-ring (bicyclic) bond motifs is 1. The molecule has 2 fully saturated rings. The maximum absolute atomic E-state index is 13.0. The Morgan fingerprint density at radius 3 is 3.16 bits per heavy atom. The molecule has 134 valence electrons. The van der Waals surface area contributed by atoms with Crippen LogP contribution >= 0.6 is 0 Å². The van der Waals surface area contributed by atoms with Crippen LogP contribution in [0.4, 0.5) is 0 Å². The fourth-order valence-corrected chi connectivity index (χ4v) is 4.20. The molecule has 0 unspecified atom stereocenters. The minimum absolute atomic E-state index is 0.0112. The zero-order valence-electron chi connectivity index (χ0n) is 14.9. The average molecular weight is 343 g/mol. The Morgan fingerprint density at radius 2 is 2.36 bits per heavy atom. The summed E-state index contributed by atoms with van der Waals surface area (Å²) >= 11 is 0. The van der Waals surface area contributed by atoms with Gasteiger partial charge in [-0.05, 0) is 46.1 Å². The molecule has 2 aromatic heterocycles. The minimum atomic E-state index is -0.0544. The van der Waals surface area contributed by atoms with Crippen LogP contribution in [0.5, 0.6) is 0 Å². The molecule has 2 aliphatic rings. The number of piperidine rings is 2. The molecule has 4 rings (SSSR count). The molecule has 25 heavy (non-hydrogen) atoms. The van der Waals surface area contributed by atoms with Crippen molar-refractivity contribution in [2.24, 2.45) is 0 Å². The summed E-state index contributed by atoms with van der Waals surface area (Å²) in [5.74, 6) is 0.260. The highest BCUT2D eigenvalue weighted by Gasteiger charge is 2.44. The molecular formula is C18H25N5O2. The lowest BCUT2D eigenvalue weighted by molar-refractivity contribution is 0.0223. The molecule has 2 saturated heterocycles. The first-order valence-electron chi connectivity index (χ1n) is 9.16. The van der Waals surface area contributed by atoms with E-state index in [1.807, 2.05) is 22.7 Å². The van der Waals surface area contributed by atoms with Crippen molar-refractivity contribution in [1.82, 2.24) is 25.2 Å². The predicted octanol–water partition coefficient (Wildman–Crippen LogP) is 2.30. The Labute approximate surface area is 147 Å². The highest BCUT2D eigenvalue weighted by atomic mass is 16.5. The van der Waals surface area contributed by atoms with Crippen LogP contribution in [-0.2, 0) is 6.54 Å². The maximum Gasteiger partial charge on any atom is 0.292 e. The van der Waals surface area contributed by atoms with Crippen molar-refractivity contribution in [2.45, 2.75) is 57.7 Å². The monoisotopic (exact) mass is 343 g/mol. The van der Waals surface area contributed by atoms with E-state index in [0.717, 1.165) is 50.9 Å². The molecular weight excluding hydrogens is 318 g/mol. The van der Waals surface area contributed by atoms with Gasteiger partial charge in [0, 0.05) is 36.5 Å². The zero-order chi connectivity index (χ0) is 17.4. The number of hydrogen-bond acceptors (Lipinski definition) is 5. The third kappa shape index (κ3) is 2.86.